The highest BCUT2D eigenvalue weighted by atomic mass is 32.1. The molecule has 1 amide bonds. The van der Waals surface area contributed by atoms with Gasteiger partial charge < -0.3 is 14.6 Å². The molecule has 110 valence electrons. The topological polar surface area (TPSA) is 82.6 Å². The Bertz CT molecular complexity index is 712. The molecule has 6 nitrogen and oxygen atoms in total. The van der Waals surface area contributed by atoms with E-state index in [0.29, 0.717) is 11.7 Å². The molecular formula is C14H13N2O4S-. The van der Waals surface area contributed by atoms with Crippen LogP contribution in [0.5, 0.6) is 5.75 Å². The van der Waals surface area contributed by atoms with Crippen molar-refractivity contribution in [2.24, 2.45) is 5.92 Å². The third kappa shape index (κ3) is 2.56. The molecule has 0 radical (unpaired) electrons. The Morgan fingerprint density at radius 2 is 2.38 bits per heavy atom. The lowest BCUT2D eigenvalue weighted by molar-refractivity contribution is -0.310. The van der Waals surface area contributed by atoms with Crippen LogP contribution < -0.4 is 14.7 Å². The Balaban J connectivity index is 1.90. The highest BCUT2D eigenvalue weighted by molar-refractivity contribution is 7.22. The number of carbonyl (C=O) groups is 2. The second kappa shape index (κ2) is 5.33. The van der Waals surface area contributed by atoms with E-state index in [4.69, 9.17) is 4.74 Å². The summed E-state index contributed by atoms with van der Waals surface area (Å²) in [6.45, 7) is 2.61. The first kappa shape index (κ1) is 13.8. The van der Waals surface area contributed by atoms with E-state index in [1.165, 1.54) is 16.2 Å². The zero-order valence-electron chi connectivity index (χ0n) is 11.4. The number of hydrogen-bond acceptors (Lipinski definition) is 6. The number of rotatable bonds is 4. The number of fused-ring (bicyclic) bond motifs is 1. The van der Waals surface area contributed by atoms with Crippen LogP contribution in [0.3, 0.4) is 0 Å². The van der Waals surface area contributed by atoms with Crippen LogP contribution in [0.1, 0.15) is 13.3 Å². The number of amides is 1. The van der Waals surface area contributed by atoms with Crippen molar-refractivity contribution < 1.29 is 19.4 Å². The van der Waals surface area contributed by atoms with Gasteiger partial charge in [0.25, 0.3) is 0 Å². The number of thiazole rings is 1. The maximum absolute atomic E-state index is 11.9. The van der Waals surface area contributed by atoms with E-state index < -0.39 is 11.9 Å². The Kier molecular flexibility index (Phi) is 3.50. The van der Waals surface area contributed by atoms with Crippen molar-refractivity contribution in [2.75, 3.05) is 18.1 Å². The molecule has 0 aliphatic carbocycles. The lowest BCUT2D eigenvalue weighted by atomic mass is 10.1. The number of carboxylic acid groups (broad SMARTS) is 1. The van der Waals surface area contributed by atoms with E-state index in [2.05, 4.69) is 4.98 Å². The molecule has 0 N–H and O–H groups in total. The van der Waals surface area contributed by atoms with E-state index in [1.54, 1.807) is 0 Å². The molecule has 21 heavy (non-hydrogen) atoms. The molecule has 1 aromatic heterocycles. The number of aliphatic carboxylic acids is 1. The summed E-state index contributed by atoms with van der Waals surface area (Å²) in [6.07, 6.45) is -0.0253. The molecule has 0 bridgehead atoms. The summed E-state index contributed by atoms with van der Waals surface area (Å²) in [7, 11) is 0. The quantitative estimate of drug-likeness (QED) is 0.834. The number of hydrogen-bond donors (Lipinski definition) is 0. The highest BCUT2D eigenvalue weighted by Crippen LogP contribution is 2.34. The van der Waals surface area contributed by atoms with E-state index in [-0.39, 0.29) is 18.9 Å². The standard InChI is InChI=1S/C14H14N2O4S/c1-2-20-9-3-4-10-11(6-9)21-14(15-10)16-7-8(13(18)19)5-12(16)17/h3-4,6,8H,2,5,7H2,1H3,(H,18,19)/p-1/t8-/m1/s1. The summed E-state index contributed by atoms with van der Waals surface area (Å²) in [6, 6.07) is 5.53. The Morgan fingerprint density at radius 1 is 1.57 bits per heavy atom. The van der Waals surface area contributed by atoms with E-state index in [1.807, 2.05) is 25.1 Å². The van der Waals surface area contributed by atoms with Gasteiger partial charge in [-0.25, -0.2) is 4.98 Å². The predicted molar refractivity (Wildman–Crippen MR) is 76.3 cm³/mol. The third-order valence-electron chi connectivity index (χ3n) is 3.35. The SMILES string of the molecule is CCOc1ccc2nc(N3C[C@H](C(=O)[O-])CC3=O)sc2c1. The molecule has 1 atom stereocenters. The molecule has 1 aromatic carbocycles. The van der Waals surface area contributed by atoms with Crippen molar-refractivity contribution in [3.8, 4) is 5.75 Å². The van der Waals surface area contributed by atoms with Gasteiger partial charge in [0.1, 0.15) is 5.75 Å². The van der Waals surface area contributed by atoms with Crippen LogP contribution >= 0.6 is 11.3 Å². The fourth-order valence-electron chi connectivity index (χ4n) is 2.32. The number of carboxylic acids is 1. The van der Waals surface area contributed by atoms with Gasteiger partial charge in [0.15, 0.2) is 5.13 Å². The molecule has 0 saturated carbocycles. The normalized spacial score (nSPS) is 18.4. The van der Waals surface area contributed by atoms with Crippen LogP contribution in [0, 0.1) is 5.92 Å². The summed E-state index contributed by atoms with van der Waals surface area (Å²) in [5.74, 6) is -1.43. The average molecular weight is 305 g/mol. The highest BCUT2D eigenvalue weighted by Gasteiger charge is 2.33. The van der Waals surface area contributed by atoms with Gasteiger partial charge in [-0.15, -0.1) is 0 Å². The van der Waals surface area contributed by atoms with Gasteiger partial charge in [0, 0.05) is 24.9 Å². The van der Waals surface area contributed by atoms with E-state index in [9.17, 15) is 14.7 Å². The second-order valence-corrected chi connectivity index (χ2v) is 5.79. The van der Waals surface area contributed by atoms with Gasteiger partial charge in [-0.05, 0) is 25.1 Å². The fraction of sp³-hybridized carbons (Fsp3) is 0.357. The lowest BCUT2D eigenvalue weighted by Crippen LogP contribution is -2.33. The number of nitrogens with zero attached hydrogens (tertiary/aromatic N) is 2. The zero-order valence-corrected chi connectivity index (χ0v) is 12.2. The summed E-state index contributed by atoms with van der Waals surface area (Å²) in [5.41, 5.74) is 0.767. The maximum atomic E-state index is 11.9. The van der Waals surface area contributed by atoms with Gasteiger partial charge >= 0.3 is 0 Å². The first-order valence-electron chi connectivity index (χ1n) is 6.63. The minimum absolute atomic E-state index is 0.0253. The average Bonchev–Trinajstić information content (AvgIpc) is 3.01. The molecule has 1 aliphatic rings. The van der Waals surface area contributed by atoms with Gasteiger partial charge in [0.05, 0.1) is 16.8 Å². The smallest absolute Gasteiger partial charge is 0.229 e. The number of anilines is 1. The van der Waals surface area contributed by atoms with Crippen LogP contribution in [-0.4, -0.2) is 30.0 Å². The van der Waals surface area contributed by atoms with E-state index >= 15 is 0 Å². The van der Waals surface area contributed by atoms with Gasteiger partial charge in [-0.2, -0.15) is 0 Å². The van der Waals surface area contributed by atoms with Gasteiger partial charge in [-0.1, -0.05) is 11.3 Å². The second-order valence-electron chi connectivity index (χ2n) is 4.78. The van der Waals surface area contributed by atoms with Crippen LogP contribution in [0.4, 0.5) is 5.13 Å². The number of benzene rings is 1. The van der Waals surface area contributed by atoms with Crippen molar-refractivity contribution in [1.82, 2.24) is 4.98 Å². The molecular weight excluding hydrogens is 292 g/mol. The van der Waals surface area contributed by atoms with Crippen LogP contribution in [0.2, 0.25) is 0 Å². The van der Waals surface area contributed by atoms with Crippen molar-refractivity contribution in [3.63, 3.8) is 0 Å². The van der Waals surface area contributed by atoms with Crippen LogP contribution in [0.25, 0.3) is 10.2 Å². The lowest BCUT2D eigenvalue weighted by Gasteiger charge is -2.13. The predicted octanol–water partition coefficient (Wildman–Crippen LogP) is 0.798. The number of aromatic nitrogens is 1. The first-order valence-corrected chi connectivity index (χ1v) is 7.44. The minimum atomic E-state index is -1.19. The largest absolute Gasteiger partial charge is 0.550 e. The molecule has 1 saturated heterocycles. The van der Waals surface area contributed by atoms with Crippen molar-refractivity contribution in [1.29, 1.82) is 0 Å². The molecule has 1 fully saturated rings. The van der Waals surface area contributed by atoms with E-state index in [0.717, 1.165) is 16.0 Å². The van der Waals surface area contributed by atoms with Crippen LogP contribution in [-0.2, 0) is 9.59 Å². The third-order valence-corrected chi connectivity index (χ3v) is 4.39. The van der Waals surface area contributed by atoms with Gasteiger partial charge in [-0.3, -0.25) is 9.69 Å². The molecule has 2 aromatic rings. The van der Waals surface area contributed by atoms with Crippen LogP contribution in [0.15, 0.2) is 18.2 Å². The molecule has 2 heterocycles. The monoisotopic (exact) mass is 305 g/mol. The summed E-state index contributed by atoms with van der Waals surface area (Å²) >= 11 is 1.35. The van der Waals surface area contributed by atoms with Gasteiger partial charge in [0.2, 0.25) is 5.91 Å². The fourth-order valence-corrected chi connectivity index (χ4v) is 3.34. The Hall–Kier alpha value is -2.15. The Labute approximate surface area is 125 Å². The summed E-state index contributed by atoms with van der Waals surface area (Å²) in [5, 5.41) is 11.4. The number of carbonyl (C=O) groups excluding carboxylic acids is 2. The van der Waals surface area contributed by atoms with Crippen molar-refractivity contribution >= 4 is 38.6 Å². The van der Waals surface area contributed by atoms with Crippen molar-refractivity contribution in [2.45, 2.75) is 13.3 Å². The van der Waals surface area contributed by atoms with Crippen molar-refractivity contribution in [3.05, 3.63) is 18.2 Å². The molecule has 0 spiro atoms. The first-order chi connectivity index (χ1) is 10.1. The maximum Gasteiger partial charge on any atom is 0.229 e. The Morgan fingerprint density at radius 3 is 3.05 bits per heavy atom. The molecule has 3 rings (SSSR count). The summed E-state index contributed by atoms with van der Waals surface area (Å²) < 4.78 is 6.33. The molecule has 7 heteroatoms. The zero-order chi connectivity index (χ0) is 15.0. The molecule has 0 unspecified atom stereocenters. The minimum Gasteiger partial charge on any atom is -0.550 e. The molecule has 1 aliphatic heterocycles. The summed E-state index contributed by atoms with van der Waals surface area (Å²) in [4.78, 5) is 28.6. The number of ether oxygens (including phenoxy) is 1.